The van der Waals surface area contributed by atoms with Crippen LogP contribution in [0.15, 0.2) is 53.4 Å². The van der Waals surface area contributed by atoms with E-state index < -0.39 is 14.9 Å². The smallest absolute Gasteiger partial charge is 0.269 e. The van der Waals surface area contributed by atoms with Gasteiger partial charge in [0.2, 0.25) is 0 Å². The molecule has 0 aliphatic carbocycles. The highest BCUT2D eigenvalue weighted by Gasteiger charge is 2.15. The van der Waals surface area contributed by atoms with Gasteiger partial charge < -0.3 is 0 Å². The highest BCUT2D eigenvalue weighted by Crippen LogP contribution is 2.19. The van der Waals surface area contributed by atoms with E-state index in [-0.39, 0.29) is 17.0 Å². The maximum absolute atomic E-state index is 12.2. The lowest BCUT2D eigenvalue weighted by Gasteiger charge is -2.08. The van der Waals surface area contributed by atoms with Crippen molar-refractivity contribution in [1.82, 2.24) is 0 Å². The van der Waals surface area contributed by atoms with Crippen LogP contribution in [-0.4, -0.2) is 13.3 Å². The number of sulfonamides is 1. The highest BCUT2D eigenvalue weighted by atomic mass is 32.2. The lowest BCUT2D eigenvalue weighted by molar-refractivity contribution is -0.384. The molecule has 1 N–H and O–H groups in total. The molecule has 2 rings (SSSR count). The molecule has 0 aliphatic heterocycles. The number of nitrogens with zero attached hydrogens (tertiary/aromatic N) is 2. The van der Waals surface area contributed by atoms with Gasteiger partial charge in [0.25, 0.3) is 15.7 Å². The predicted octanol–water partition coefficient (Wildman–Crippen LogP) is 2.46. The average molecular weight is 317 g/mol. The second-order valence-electron chi connectivity index (χ2n) is 4.39. The predicted molar refractivity (Wildman–Crippen MR) is 79.7 cm³/mol. The van der Waals surface area contributed by atoms with Crippen LogP contribution < -0.4 is 4.72 Å². The van der Waals surface area contributed by atoms with Crippen molar-refractivity contribution in [2.45, 2.75) is 11.3 Å². The minimum absolute atomic E-state index is 0.0702. The molecule has 0 aliphatic rings. The summed E-state index contributed by atoms with van der Waals surface area (Å²) < 4.78 is 26.7. The zero-order valence-electron chi connectivity index (χ0n) is 11.3. The van der Waals surface area contributed by atoms with Crippen LogP contribution in [-0.2, 0) is 16.4 Å². The van der Waals surface area contributed by atoms with Gasteiger partial charge in [-0.1, -0.05) is 12.1 Å². The van der Waals surface area contributed by atoms with E-state index in [0.29, 0.717) is 5.69 Å². The molecular weight excluding hydrogens is 306 g/mol. The van der Waals surface area contributed by atoms with E-state index in [0.717, 1.165) is 17.7 Å². The number of anilines is 1. The SMILES string of the molecule is N#CCc1ccc(NS(=O)(=O)c2ccc([N+](=O)[O-])cc2)cc1. The molecule has 0 saturated carbocycles. The Morgan fingerprint density at radius 1 is 1.09 bits per heavy atom. The highest BCUT2D eigenvalue weighted by molar-refractivity contribution is 7.92. The summed E-state index contributed by atoms with van der Waals surface area (Å²) in [4.78, 5) is 9.89. The quantitative estimate of drug-likeness (QED) is 0.672. The Morgan fingerprint density at radius 3 is 2.18 bits per heavy atom. The van der Waals surface area contributed by atoms with Crippen LogP contribution in [0.3, 0.4) is 0 Å². The number of nitro benzene ring substituents is 1. The molecule has 0 aromatic heterocycles. The summed E-state index contributed by atoms with van der Waals surface area (Å²) in [5.74, 6) is 0. The molecule has 0 unspecified atom stereocenters. The fourth-order valence-electron chi connectivity index (χ4n) is 1.74. The Bertz CT molecular complexity index is 822. The van der Waals surface area contributed by atoms with Crippen LogP contribution in [0.2, 0.25) is 0 Å². The van der Waals surface area contributed by atoms with E-state index in [1.54, 1.807) is 24.3 Å². The summed E-state index contributed by atoms with van der Waals surface area (Å²) in [5.41, 5.74) is 0.945. The van der Waals surface area contributed by atoms with Crippen LogP contribution in [0.5, 0.6) is 0 Å². The van der Waals surface area contributed by atoms with E-state index in [1.807, 2.05) is 6.07 Å². The third-order valence-electron chi connectivity index (χ3n) is 2.85. The van der Waals surface area contributed by atoms with Crippen LogP contribution in [0.25, 0.3) is 0 Å². The van der Waals surface area contributed by atoms with Gasteiger partial charge in [-0.25, -0.2) is 8.42 Å². The van der Waals surface area contributed by atoms with Gasteiger partial charge in [-0.3, -0.25) is 14.8 Å². The zero-order valence-corrected chi connectivity index (χ0v) is 12.1. The van der Waals surface area contributed by atoms with E-state index in [4.69, 9.17) is 5.26 Å². The standard InChI is InChI=1S/C14H11N3O4S/c15-10-9-11-1-3-12(4-2-11)16-22(20,21)14-7-5-13(6-8-14)17(18)19/h1-8,16H,9H2. The third kappa shape index (κ3) is 3.59. The van der Waals surface area contributed by atoms with Crippen molar-refractivity contribution in [3.8, 4) is 6.07 Å². The van der Waals surface area contributed by atoms with Crippen molar-refractivity contribution in [2.24, 2.45) is 0 Å². The van der Waals surface area contributed by atoms with Crippen LogP contribution in [0.1, 0.15) is 5.56 Å². The molecule has 0 radical (unpaired) electrons. The maximum Gasteiger partial charge on any atom is 0.269 e. The molecule has 0 atom stereocenters. The maximum atomic E-state index is 12.2. The van der Waals surface area contributed by atoms with Gasteiger partial charge in [0, 0.05) is 17.8 Å². The summed E-state index contributed by atoms with van der Waals surface area (Å²) in [6, 6.07) is 13.0. The molecule has 112 valence electrons. The second kappa shape index (κ2) is 6.24. The molecule has 2 aromatic carbocycles. The van der Waals surface area contributed by atoms with Crippen molar-refractivity contribution in [3.05, 3.63) is 64.2 Å². The number of hydrogen-bond donors (Lipinski definition) is 1. The van der Waals surface area contributed by atoms with Crippen LogP contribution in [0.4, 0.5) is 11.4 Å². The van der Waals surface area contributed by atoms with Gasteiger partial charge in [0.1, 0.15) is 0 Å². The van der Waals surface area contributed by atoms with Crippen molar-refractivity contribution in [1.29, 1.82) is 5.26 Å². The molecule has 0 saturated heterocycles. The molecule has 0 heterocycles. The first kappa shape index (κ1) is 15.5. The van der Waals surface area contributed by atoms with Gasteiger partial charge in [0.15, 0.2) is 0 Å². The first-order valence-corrected chi connectivity index (χ1v) is 7.64. The normalized spacial score (nSPS) is 10.7. The number of nitrogens with one attached hydrogen (secondary N) is 1. The lowest BCUT2D eigenvalue weighted by Crippen LogP contribution is -2.12. The number of benzene rings is 2. The van der Waals surface area contributed by atoms with Gasteiger partial charge in [-0.2, -0.15) is 5.26 Å². The summed E-state index contributed by atoms with van der Waals surface area (Å²) in [6.07, 6.45) is 0.245. The number of non-ortho nitro benzene ring substituents is 1. The Balaban J connectivity index is 2.20. The summed E-state index contributed by atoms with van der Waals surface area (Å²) in [6.45, 7) is 0. The van der Waals surface area contributed by atoms with Crippen molar-refractivity contribution >= 4 is 21.4 Å². The molecular formula is C14H11N3O4S. The van der Waals surface area contributed by atoms with Crippen LogP contribution in [0, 0.1) is 21.4 Å². The van der Waals surface area contributed by atoms with Crippen LogP contribution >= 0.6 is 0 Å². The molecule has 0 bridgehead atoms. The van der Waals surface area contributed by atoms with Crippen molar-refractivity contribution in [3.63, 3.8) is 0 Å². The topological polar surface area (TPSA) is 113 Å². The minimum atomic E-state index is -3.82. The van der Waals surface area contributed by atoms with Gasteiger partial charge in [-0.05, 0) is 29.8 Å². The summed E-state index contributed by atoms with van der Waals surface area (Å²) in [5, 5.41) is 19.1. The monoisotopic (exact) mass is 317 g/mol. The van der Waals surface area contributed by atoms with Crippen molar-refractivity contribution in [2.75, 3.05) is 4.72 Å². The number of nitro groups is 1. The second-order valence-corrected chi connectivity index (χ2v) is 6.07. The summed E-state index contributed by atoms with van der Waals surface area (Å²) >= 11 is 0. The Hall–Kier alpha value is -2.92. The average Bonchev–Trinajstić information content (AvgIpc) is 2.49. The molecule has 0 spiro atoms. The fraction of sp³-hybridized carbons (Fsp3) is 0.0714. The molecule has 7 nitrogen and oxygen atoms in total. The number of nitriles is 1. The molecule has 0 fully saturated rings. The first-order chi connectivity index (χ1) is 10.4. The van der Waals surface area contributed by atoms with Gasteiger partial charge in [-0.15, -0.1) is 0 Å². The third-order valence-corrected chi connectivity index (χ3v) is 4.24. The van der Waals surface area contributed by atoms with E-state index >= 15 is 0 Å². The molecule has 0 amide bonds. The molecule has 8 heteroatoms. The van der Waals surface area contributed by atoms with E-state index in [2.05, 4.69) is 4.72 Å². The fourth-order valence-corrected chi connectivity index (χ4v) is 2.80. The Kier molecular flexibility index (Phi) is 4.39. The van der Waals surface area contributed by atoms with Crippen molar-refractivity contribution < 1.29 is 13.3 Å². The number of rotatable bonds is 5. The zero-order chi connectivity index (χ0) is 16.2. The lowest BCUT2D eigenvalue weighted by atomic mass is 10.1. The minimum Gasteiger partial charge on any atom is -0.280 e. The molecule has 22 heavy (non-hydrogen) atoms. The first-order valence-electron chi connectivity index (χ1n) is 6.15. The van der Waals surface area contributed by atoms with Gasteiger partial charge >= 0.3 is 0 Å². The Morgan fingerprint density at radius 2 is 1.68 bits per heavy atom. The summed E-state index contributed by atoms with van der Waals surface area (Å²) in [7, 11) is -3.82. The van der Waals surface area contributed by atoms with Gasteiger partial charge in [0.05, 0.1) is 22.3 Å². The van der Waals surface area contributed by atoms with E-state index in [9.17, 15) is 18.5 Å². The molecule has 2 aromatic rings. The largest absolute Gasteiger partial charge is 0.280 e. The van der Waals surface area contributed by atoms with E-state index in [1.165, 1.54) is 12.1 Å². The number of hydrogen-bond acceptors (Lipinski definition) is 5. The Labute approximate surface area is 127 Å².